The van der Waals surface area contributed by atoms with Crippen LogP contribution in [0.5, 0.6) is 0 Å². The van der Waals surface area contributed by atoms with Gasteiger partial charge in [-0.2, -0.15) is 0 Å². The smallest absolute Gasteiger partial charge is 0.305 e. The lowest BCUT2D eigenvalue weighted by Gasteiger charge is -2.18. The molecule has 98 valence electrons. The van der Waals surface area contributed by atoms with Gasteiger partial charge in [0.1, 0.15) is 11.9 Å². The first-order valence-corrected chi connectivity index (χ1v) is 6.91. The highest BCUT2D eigenvalue weighted by molar-refractivity contribution is 5.84. The first-order chi connectivity index (χ1) is 8.19. The molecule has 0 amide bonds. The zero-order chi connectivity index (χ0) is 12.7. The van der Waals surface area contributed by atoms with E-state index in [1.165, 1.54) is 19.3 Å². The van der Waals surface area contributed by atoms with Crippen LogP contribution in [0.2, 0.25) is 0 Å². The molecule has 0 radical (unpaired) electrons. The molecule has 0 aliphatic heterocycles. The minimum absolute atomic E-state index is 0.0256. The van der Waals surface area contributed by atoms with Crippen molar-refractivity contribution < 1.29 is 14.3 Å². The van der Waals surface area contributed by atoms with E-state index in [-0.39, 0.29) is 23.8 Å². The minimum Gasteiger partial charge on any atom is -0.462 e. The SMILES string of the molecule is CCCCCCC1C(=O)CCC1OC(=O)CC. The predicted molar refractivity (Wildman–Crippen MR) is 66.7 cm³/mol. The number of hydrogen-bond donors (Lipinski definition) is 0. The molecule has 3 nitrogen and oxygen atoms in total. The van der Waals surface area contributed by atoms with Crippen molar-refractivity contribution in [2.24, 2.45) is 5.92 Å². The lowest BCUT2D eigenvalue weighted by atomic mass is 9.96. The van der Waals surface area contributed by atoms with Gasteiger partial charge in [-0.1, -0.05) is 39.5 Å². The van der Waals surface area contributed by atoms with Crippen LogP contribution in [0.1, 0.15) is 65.2 Å². The molecule has 3 heteroatoms. The van der Waals surface area contributed by atoms with Gasteiger partial charge in [-0.15, -0.1) is 0 Å². The molecule has 0 aromatic carbocycles. The summed E-state index contributed by atoms with van der Waals surface area (Å²) in [5.41, 5.74) is 0. The van der Waals surface area contributed by atoms with Crippen LogP contribution >= 0.6 is 0 Å². The van der Waals surface area contributed by atoms with Crippen LogP contribution in [-0.2, 0) is 14.3 Å². The maximum Gasteiger partial charge on any atom is 0.305 e. The summed E-state index contributed by atoms with van der Waals surface area (Å²) in [7, 11) is 0. The largest absolute Gasteiger partial charge is 0.462 e. The lowest BCUT2D eigenvalue weighted by molar-refractivity contribution is -0.151. The fourth-order valence-corrected chi connectivity index (χ4v) is 2.41. The highest BCUT2D eigenvalue weighted by atomic mass is 16.5. The molecule has 0 aromatic heterocycles. The average molecular weight is 240 g/mol. The maximum absolute atomic E-state index is 11.7. The van der Waals surface area contributed by atoms with Crippen LogP contribution in [-0.4, -0.2) is 17.9 Å². The van der Waals surface area contributed by atoms with E-state index in [0.29, 0.717) is 12.8 Å². The van der Waals surface area contributed by atoms with Crippen molar-refractivity contribution in [2.45, 2.75) is 71.3 Å². The Morgan fingerprint density at radius 2 is 2.06 bits per heavy atom. The van der Waals surface area contributed by atoms with E-state index in [4.69, 9.17) is 4.74 Å². The summed E-state index contributed by atoms with van der Waals surface area (Å²) in [5, 5.41) is 0. The number of unbranched alkanes of at least 4 members (excludes halogenated alkanes) is 3. The van der Waals surface area contributed by atoms with Gasteiger partial charge in [0.25, 0.3) is 0 Å². The molecule has 1 aliphatic carbocycles. The third kappa shape index (κ3) is 4.49. The fourth-order valence-electron chi connectivity index (χ4n) is 2.41. The second kappa shape index (κ2) is 7.46. The van der Waals surface area contributed by atoms with Crippen LogP contribution in [0.25, 0.3) is 0 Å². The third-order valence-electron chi connectivity index (χ3n) is 3.48. The first-order valence-electron chi connectivity index (χ1n) is 6.91. The highest BCUT2D eigenvalue weighted by Gasteiger charge is 2.36. The number of carbonyl (C=O) groups excluding carboxylic acids is 2. The number of esters is 1. The van der Waals surface area contributed by atoms with Crippen molar-refractivity contribution in [1.82, 2.24) is 0 Å². The molecule has 0 bridgehead atoms. The molecule has 0 aromatic rings. The molecule has 2 unspecified atom stereocenters. The Kier molecular flexibility index (Phi) is 6.23. The predicted octanol–water partition coefficient (Wildman–Crippen LogP) is 3.26. The van der Waals surface area contributed by atoms with E-state index in [9.17, 15) is 9.59 Å². The van der Waals surface area contributed by atoms with Crippen molar-refractivity contribution in [3.05, 3.63) is 0 Å². The van der Waals surface area contributed by atoms with Crippen molar-refractivity contribution in [3.63, 3.8) is 0 Å². The third-order valence-corrected chi connectivity index (χ3v) is 3.48. The number of ether oxygens (including phenoxy) is 1. The van der Waals surface area contributed by atoms with Crippen LogP contribution < -0.4 is 0 Å². The van der Waals surface area contributed by atoms with Crippen LogP contribution in [0.15, 0.2) is 0 Å². The number of hydrogen-bond acceptors (Lipinski definition) is 3. The van der Waals surface area contributed by atoms with Crippen LogP contribution in [0.4, 0.5) is 0 Å². The average Bonchev–Trinajstić information content (AvgIpc) is 2.66. The Morgan fingerprint density at radius 1 is 1.29 bits per heavy atom. The van der Waals surface area contributed by atoms with E-state index in [1.54, 1.807) is 6.92 Å². The minimum atomic E-state index is -0.178. The van der Waals surface area contributed by atoms with Gasteiger partial charge in [-0.05, 0) is 12.8 Å². The Bertz CT molecular complexity index is 260. The summed E-state index contributed by atoms with van der Waals surface area (Å²) >= 11 is 0. The van der Waals surface area contributed by atoms with Crippen molar-refractivity contribution in [2.75, 3.05) is 0 Å². The summed E-state index contributed by atoms with van der Waals surface area (Å²) in [6.07, 6.45) is 7.13. The van der Waals surface area contributed by atoms with Gasteiger partial charge in [0.05, 0.1) is 5.92 Å². The molecule has 2 atom stereocenters. The fraction of sp³-hybridized carbons (Fsp3) is 0.857. The molecule has 1 fully saturated rings. The second-order valence-electron chi connectivity index (χ2n) is 4.84. The Morgan fingerprint density at radius 3 is 2.71 bits per heavy atom. The molecule has 0 heterocycles. The number of carbonyl (C=O) groups is 2. The molecule has 17 heavy (non-hydrogen) atoms. The van der Waals surface area contributed by atoms with E-state index < -0.39 is 0 Å². The van der Waals surface area contributed by atoms with Crippen molar-refractivity contribution in [3.8, 4) is 0 Å². The summed E-state index contributed by atoms with van der Waals surface area (Å²) in [6, 6.07) is 0. The summed E-state index contributed by atoms with van der Waals surface area (Å²) in [6.45, 7) is 3.96. The van der Waals surface area contributed by atoms with Gasteiger partial charge >= 0.3 is 5.97 Å². The Hall–Kier alpha value is -0.860. The molecule has 1 aliphatic rings. The zero-order valence-corrected chi connectivity index (χ0v) is 11.0. The van der Waals surface area contributed by atoms with Gasteiger partial charge in [0.15, 0.2) is 0 Å². The molecule has 0 spiro atoms. The Balaban J connectivity index is 2.36. The van der Waals surface area contributed by atoms with E-state index in [2.05, 4.69) is 6.92 Å². The van der Waals surface area contributed by atoms with E-state index in [1.807, 2.05) is 0 Å². The summed E-state index contributed by atoms with van der Waals surface area (Å²) < 4.78 is 5.34. The van der Waals surface area contributed by atoms with Gasteiger partial charge < -0.3 is 4.74 Å². The topological polar surface area (TPSA) is 43.4 Å². The first kappa shape index (κ1) is 14.2. The van der Waals surface area contributed by atoms with Gasteiger partial charge in [-0.25, -0.2) is 0 Å². The summed E-state index contributed by atoms with van der Waals surface area (Å²) in [5.74, 6) is 0.0843. The Labute approximate surface area is 104 Å². The zero-order valence-electron chi connectivity index (χ0n) is 11.0. The van der Waals surface area contributed by atoms with Gasteiger partial charge in [0.2, 0.25) is 0 Å². The second-order valence-corrected chi connectivity index (χ2v) is 4.84. The molecular weight excluding hydrogens is 216 g/mol. The number of rotatable bonds is 7. The lowest BCUT2D eigenvalue weighted by Crippen LogP contribution is -2.25. The standard InChI is InChI=1S/C14H24O3/c1-3-5-6-7-8-11-12(15)9-10-13(11)17-14(16)4-2/h11,13H,3-10H2,1-2H3. The molecule has 1 rings (SSSR count). The number of ketones is 1. The van der Waals surface area contributed by atoms with E-state index >= 15 is 0 Å². The van der Waals surface area contributed by atoms with Gasteiger partial charge in [0, 0.05) is 12.8 Å². The summed E-state index contributed by atoms with van der Waals surface area (Å²) in [4.78, 5) is 23.0. The molecule has 0 N–H and O–H groups in total. The number of Topliss-reactive ketones (excluding diaryl/α,β-unsaturated/α-hetero) is 1. The molecule has 0 saturated heterocycles. The highest BCUT2D eigenvalue weighted by Crippen LogP contribution is 2.30. The molecular formula is C14H24O3. The quantitative estimate of drug-likeness (QED) is 0.507. The normalized spacial score (nSPS) is 24.0. The van der Waals surface area contributed by atoms with Crippen molar-refractivity contribution >= 4 is 11.8 Å². The monoisotopic (exact) mass is 240 g/mol. The van der Waals surface area contributed by atoms with Crippen LogP contribution in [0, 0.1) is 5.92 Å². The van der Waals surface area contributed by atoms with Crippen molar-refractivity contribution in [1.29, 1.82) is 0 Å². The molecule has 1 saturated carbocycles. The van der Waals surface area contributed by atoms with Gasteiger partial charge in [-0.3, -0.25) is 9.59 Å². The van der Waals surface area contributed by atoms with E-state index in [0.717, 1.165) is 19.3 Å². The maximum atomic E-state index is 11.7. The van der Waals surface area contributed by atoms with Crippen LogP contribution in [0.3, 0.4) is 0 Å².